The van der Waals surface area contributed by atoms with Gasteiger partial charge in [-0.2, -0.15) is 5.06 Å². The first-order valence-electron chi connectivity index (χ1n) is 5.13. The zero-order valence-electron chi connectivity index (χ0n) is 9.29. The molecule has 2 rings (SSSR count). The van der Waals surface area contributed by atoms with Gasteiger partial charge in [0, 0.05) is 5.56 Å². The number of amides is 2. The second-order valence-corrected chi connectivity index (χ2v) is 3.69. The quantitative estimate of drug-likeness (QED) is 0.835. The lowest BCUT2D eigenvalue weighted by Gasteiger charge is -2.17. The van der Waals surface area contributed by atoms with Crippen LogP contribution >= 0.6 is 0 Å². The summed E-state index contributed by atoms with van der Waals surface area (Å²) < 4.78 is 0. The highest BCUT2D eigenvalue weighted by molar-refractivity contribution is 5.90. The van der Waals surface area contributed by atoms with E-state index < -0.39 is 12.1 Å². The van der Waals surface area contributed by atoms with Crippen LogP contribution in [0, 0.1) is 0 Å². The Labute approximate surface area is 98.4 Å². The summed E-state index contributed by atoms with van der Waals surface area (Å²) >= 11 is 0. The summed E-state index contributed by atoms with van der Waals surface area (Å²) in [5, 5.41) is 0.946. The van der Waals surface area contributed by atoms with Crippen molar-refractivity contribution in [1.29, 1.82) is 0 Å². The van der Waals surface area contributed by atoms with Crippen LogP contribution in [0.5, 0.6) is 0 Å². The average Bonchev–Trinajstić information content (AvgIpc) is 2.75. The average molecular weight is 232 g/mol. The normalized spacial score (nSPS) is 19.0. The lowest BCUT2D eigenvalue weighted by Crippen LogP contribution is -2.34. The van der Waals surface area contributed by atoms with Gasteiger partial charge in [0.1, 0.15) is 0 Å². The number of urea groups is 1. The van der Waals surface area contributed by atoms with Gasteiger partial charge in [0.25, 0.3) is 0 Å². The number of hydrogen-bond donors (Lipinski definition) is 1. The van der Waals surface area contributed by atoms with Crippen molar-refractivity contribution in [2.45, 2.75) is 13.0 Å². The number of primary amides is 1. The van der Waals surface area contributed by atoms with Crippen LogP contribution in [-0.2, 0) is 9.63 Å². The van der Waals surface area contributed by atoms with Crippen LogP contribution in [0.15, 0.2) is 36.4 Å². The van der Waals surface area contributed by atoms with E-state index in [4.69, 9.17) is 10.6 Å². The zero-order valence-corrected chi connectivity index (χ0v) is 9.29. The van der Waals surface area contributed by atoms with Crippen LogP contribution in [0.3, 0.4) is 0 Å². The van der Waals surface area contributed by atoms with E-state index in [0.29, 0.717) is 5.70 Å². The van der Waals surface area contributed by atoms with Crippen LogP contribution in [0.1, 0.15) is 12.5 Å². The molecule has 0 bridgehead atoms. The lowest BCUT2D eigenvalue weighted by molar-refractivity contribution is -0.139. The minimum absolute atomic E-state index is 0.179. The van der Waals surface area contributed by atoms with Gasteiger partial charge in [-0.1, -0.05) is 30.3 Å². The Morgan fingerprint density at radius 3 is 2.47 bits per heavy atom. The van der Waals surface area contributed by atoms with Crippen molar-refractivity contribution >= 4 is 17.5 Å². The van der Waals surface area contributed by atoms with Gasteiger partial charge in [0.15, 0.2) is 11.9 Å². The number of benzene rings is 1. The largest absolute Gasteiger partial charge is 0.349 e. The molecule has 17 heavy (non-hydrogen) atoms. The van der Waals surface area contributed by atoms with Gasteiger partial charge in [-0.25, -0.2) is 9.63 Å². The minimum Gasteiger partial charge on any atom is -0.349 e. The van der Waals surface area contributed by atoms with Crippen LogP contribution < -0.4 is 5.73 Å². The van der Waals surface area contributed by atoms with E-state index in [1.54, 1.807) is 6.08 Å². The highest BCUT2D eigenvalue weighted by Crippen LogP contribution is 2.27. The molecule has 2 N–H and O–H groups in total. The third-order valence-corrected chi connectivity index (χ3v) is 2.42. The Kier molecular flexibility index (Phi) is 2.93. The minimum atomic E-state index is -0.752. The Morgan fingerprint density at radius 2 is 1.94 bits per heavy atom. The smallest absolute Gasteiger partial charge is 0.343 e. The molecule has 0 aromatic heterocycles. The van der Waals surface area contributed by atoms with Gasteiger partial charge in [-0.15, -0.1) is 0 Å². The first-order valence-corrected chi connectivity index (χ1v) is 5.13. The van der Waals surface area contributed by atoms with Gasteiger partial charge in [-0.05, 0) is 13.0 Å². The molecule has 1 atom stereocenters. The molecule has 0 saturated heterocycles. The molecule has 0 saturated carbocycles. The second-order valence-electron chi connectivity index (χ2n) is 3.69. The first-order chi connectivity index (χ1) is 8.09. The molecule has 5 nitrogen and oxygen atoms in total. The van der Waals surface area contributed by atoms with E-state index in [-0.39, 0.29) is 5.78 Å². The zero-order chi connectivity index (χ0) is 12.4. The van der Waals surface area contributed by atoms with Crippen molar-refractivity contribution in [2.24, 2.45) is 5.73 Å². The number of carbonyl (C=O) groups excluding carboxylic acids is 2. The number of Topliss-reactive ketones (excluding diaryl/α,β-unsaturated/α-hetero) is 1. The standard InChI is InChI=1S/C12H12N2O3/c1-8(15)11-7-10(14(17-11)12(13)16)9-5-3-2-4-6-9/h2-7,11H,1H3,(H2,13,16). The number of nitrogens with two attached hydrogens (primary N) is 1. The molecule has 88 valence electrons. The molecule has 0 spiro atoms. The van der Waals surface area contributed by atoms with Gasteiger partial charge < -0.3 is 5.73 Å². The number of rotatable bonds is 2. The number of ketones is 1. The molecule has 1 aliphatic rings. The summed E-state index contributed by atoms with van der Waals surface area (Å²) in [5.41, 5.74) is 6.47. The number of hydroxylamine groups is 2. The molecule has 1 aliphatic heterocycles. The summed E-state index contributed by atoms with van der Waals surface area (Å²) in [4.78, 5) is 27.6. The van der Waals surface area contributed by atoms with E-state index >= 15 is 0 Å². The second kappa shape index (κ2) is 4.39. The van der Waals surface area contributed by atoms with Crippen molar-refractivity contribution < 1.29 is 14.4 Å². The number of hydrogen-bond acceptors (Lipinski definition) is 3. The molecule has 2 amide bonds. The fraction of sp³-hybridized carbons (Fsp3) is 0.167. The molecule has 0 radical (unpaired) electrons. The van der Waals surface area contributed by atoms with E-state index in [9.17, 15) is 9.59 Å². The van der Waals surface area contributed by atoms with Crippen LogP contribution in [0.2, 0.25) is 0 Å². The van der Waals surface area contributed by atoms with Crippen LogP contribution in [-0.4, -0.2) is 23.0 Å². The predicted molar refractivity (Wildman–Crippen MR) is 61.4 cm³/mol. The van der Waals surface area contributed by atoms with E-state index in [1.807, 2.05) is 30.3 Å². The summed E-state index contributed by atoms with van der Waals surface area (Å²) in [7, 11) is 0. The molecule has 1 aromatic rings. The highest BCUT2D eigenvalue weighted by atomic mass is 16.7. The number of nitrogens with zero attached hydrogens (tertiary/aromatic N) is 1. The van der Waals surface area contributed by atoms with Crippen molar-refractivity contribution in [1.82, 2.24) is 5.06 Å². The van der Waals surface area contributed by atoms with Crippen LogP contribution in [0.4, 0.5) is 4.79 Å². The topological polar surface area (TPSA) is 72.6 Å². The summed E-state index contributed by atoms with van der Waals surface area (Å²) in [6.45, 7) is 1.40. The third-order valence-electron chi connectivity index (χ3n) is 2.42. The van der Waals surface area contributed by atoms with Gasteiger partial charge in [0.2, 0.25) is 0 Å². The van der Waals surface area contributed by atoms with Crippen LogP contribution in [0.25, 0.3) is 5.70 Å². The maximum absolute atomic E-state index is 11.2. The first kappa shape index (κ1) is 11.3. The molecule has 0 aliphatic carbocycles. The van der Waals surface area contributed by atoms with Crippen molar-refractivity contribution in [3.8, 4) is 0 Å². The molecular formula is C12H12N2O3. The third kappa shape index (κ3) is 2.19. The monoisotopic (exact) mass is 232 g/mol. The van der Waals surface area contributed by atoms with E-state index in [2.05, 4.69) is 0 Å². The van der Waals surface area contributed by atoms with E-state index in [1.165, 1.54) is 6.92 Å². The molecule has 1 aromatic carbocycles. The highest BCUT2D eigenvalue weighted by Gasteiger charge is 2.31. The summed E-state index contributed by atoms with van der Waals surface area (Å²) in [5.74, 6) is -0.179. The van der Waals surface area contributed by atoms with Gasteiger partial charge in [-0.3, -0.25) is 4.79 Å². The fourth-order valence-electron chi connectivity index (χ4n) is 1.60. The molecule has 1 unspecified atom stereocenters. The van der Waals surface area contributed by atoms with Crippen molar-refractivity contribution in [3.63, 3.8) is 0 Å². The van der Waals surface area contributed by atoms with E-state index in [0.717, 1.165) is 10.6 Å². The maximum Gasteiger partial charge on any atom is 0.343 e. The molecular weight excluding hydrogens is 220 g/mol. The molecule has 5 heteroatoms. The number of carbonyl (C=O) groups is 2. The maximum atomic E-state index is 11.2. The summed E-state index contributed by atoms with van der Waals surface area (Å²) in [6, 6.07) is 8.40. The van der Waals surface area contributed by atoms with Crippen molar-refractivity contribution in [2.75, 3.05) is 0 Å². The lowest BCUT2D eigenvalue weighted by atomic mass is 10.1. The SMILES string of the molecule is CC(=O)C1C=C(c2ccccc2)N(C(N)=O)O1. The Bertz CT molecular complexity index is 482. The predicted octanol–water partition coefficient (Wildman–Crippen LogP) is 1.31. The van der Waals surface area contributed by atoms with Gasteiger partial charge in [0.05, 0.1) is 5.70 Å². The Balaban J connectivity index is 2.38. The Morgan fingerprint density at radius 1 is 1.29 bits per heavy atom. The summed E-state index contributed by atoms with van der Waals surface area (Å²) in [6.07, 6.45) is 0.834. The Hall–Kier alpha value is -2.14. The molecule has 0 fully saturated rings. The fourth-order valence-corrected chi connectivity index (χ4v) is 1.60. The van der Waals surface area contributed by atoms with Crippen molar-refractivity contribution in [3.05, 3.63) is 42.0 Å². The van der Waals surface area contributed by atoms with Gasteiger partial charge >= 0.3 is 6.03 Å². The molecule has 1 heterocycles.